The molecule has 1 aliphatic carbocycles. The van der Waals surface area contributed by atoms with Crippen LogP contribution in [0.3, 0.4) is 0 Å². The van der Waals surface area contributed by atoms with Gasteiger partial charge in [0.2, 0.25) is 0 Å². The Kier molecular flexibility index (Phi) is 5.14. The second kappa shape index (κ2) is 9.15. The molecule has 0 radical (unpaired) electrons. The fourth-order valence-corrected chi connectivity index (χ4v) is 9.71. The van der Waals surface area contributed by atoms with E-state index in [1.807, 2.05) is 11.3 Å². The number of fused-ring (bicyclic) bond motifs is 10. The molecule has 0 fully saturated rings. The molecule has 5 heteroatoms. The van der Waals surface area contributed by atoms with Gasteiger partial charge in [0.05, 0.1) is 22.4 Å². The van der Waals surface area contributed by atoms with Crippen molar-refractivity contribution < 1.29 is 0 Å². The molecule has 2 aliphatic rings. The largest absolute Gasteiger partial charge is 0.357 e. The molecule has 44 heavy (non-hydrogen) atoms. The molecular formula is C39H27N3S2. The second-order valence-corrected chi connectivity index (χ2v) is 14.2. The van der Waals surface area contributed by atoms with E-state index in [0.717, 1.165) is 22.8 Å². The van der Waals surface area contributed by atoms with Crippen molar-refractivity contribution in [3.63, 3.8) is 0 Å². The topological polar surface area (TPSA) is 29.3 Å². The van der Waals surface area contributed by atoms with Crippen molar-refractivity contribution in [2.24, 2.45) is 10.9 Å². The van der Waals surface area contributed by atoms with Gasteiger partial charge in [-0.15, -0.1) is 22.7 Å². The molecule has 4 heterocycles. The number of aromatic nitrogens is 1. The maximum Gasteiger partial charge on any atom is 0.148 e. The number of thiophene rings is 2. The molecular weight excluding hydrogens is 575 g/mol. The van der Waals surface area contributed by atoms with Gasteiger partial charge >= 0.3 is 0 Å². The molecule has 0 spiro atoms. The lowest BCUT2D eigenvalue weighted by molar-refractivity contribution is 0.680. The maximum absolute atomic E-state index is 5.59. The van der Waals surface area contributed by atoms with Crippen LogP contribution in [0.2, 0.25) is 0 Å². The summed E-state index contributed by atoms with van der Waals surface area (Å²) in [5.41, 5.74) is 7.51. The van der Waals surface area contributed by atoms with Crippen LogP contribution < -0.4 is 5.32 Å². The fraction of sp³-hybridized carbons (Fsp3) is 0.103. The Morgan fingerprint density at radius 3 is 2.23 bits per heavy atom. The van der Waals surface area contributed by atoms with Crippen LogP contribution in [0.4, 0.5) is 10.7 Å². The van der Waals surface area contributed by atoms with Crippen LogP contribution in [0, 0.1) is 5.92 Å². The number of hydrogen-bond acceptors (Lipinski definition) is 4. The van der Waals surface area contributed by atoms with Gasteiger partial charge in [0.25, 0.3) is 0 Å². The van der Waals surface area contributed by atoms with Crippen molar-refractivity contribution in [1.29, 1.82) is 0 Å². The van der Waals surface area contributed by atoms with Crippen molar-refractivity contribution in [2.45, 2.75) is 19.5 Å². The molecule has 2 atom stereocenters. The van der Waals surface area contributed by atoms with Gasteiger partial charge in [-0.3, -0.25) is 0 Å². The van der Waals surface area contributed by atoms with Crippen LogP contribution in [0.25, 0.3) is 58.8 Å². The number of benzene rings is 5. The highest BCUT2D eigenvalue weighted by molar-refractivity contribution is 7.23. The lowest BCUT2D eigenvalue weighted by Gasteiger charge is -2.33. The van der Waals surface area contributed by atoms with E-state index >= 15 is 0 Å². The zero-order chi connectivity index (χ0) is 28.9. The van der Waals surface area contributed by atoms with E-state index < -0.39 is 0 Å². The first-order valence-corrected chi connectivity index (χ1v) is 16.8. The van der Waals surface area contributed by atoms with Crippen LogP contribution in [-0.2, 0) is 6.42 Å². The number of rotatable bonds is 2. The Balaban J connectivity index is 1.27. The highest BCUT2D eigenvalue weighted by Gasteiger charge is 2.35. The monoisotopic (exact) mass is 601 g/mol. The highest BCUT2D eigenvalue weighted by Crippen LogP contribution is 2.50. The summed E-state index contributed by atoms with van der Waals surface area (Å²) in [7, 11) is 0. The number of para-hydroxylation sites is 1. The number of hydrogen-bond donors (Lipinski definition) is 1. The number of aliphatic imine (C=N–C) groups is 1. The molecule has 1 aliphatic heterocycles. The third kappa shape index (κ3) is 3.45. The summed E-state index contributed by atoms with van der Waals surface area (Å²) in [6.45, 7) is 2.38. The Morgan fingerprint density at radius 2 is 1.39 bits per heavy atom. The molecule has 2 unspecified atom stereocenters. The first-order chi connectivity index (χ1) is 21.7. The molecule has 0 saturated heterocycles. The number of nitrogens with one attached hydrogen (secondary N) is 1. The van der Waals surface area contributed by atoms with Gasteiger partial charge in [-0.1, -0.05) is 85.8 Å². The first kappa shape index (κ1) is 24.7. The number of nitrogens with zero attached hydrogens (tertiary/aromatic N) is 2. The van der Waals surface area contributed by atoms with Gasteiger partial charge in [-0.25, -0.2) is 4.99 Å². The molecule has 8 aromatic rings. The van der Waals surface area contributed by atoms with Crippen LogP contribution in [0.1, 0.15) is 23.5 Å². The molecule has 5 aromatic carbocycles. The van der Waals surface area contributed by atoms with Gasteiger partial charge in [-0.05, 0) is 76.0 Å². The van der Waals surface area contributed by atoms with E-state index in [1.165, 1.54) is 68.8 Å². The zero-order valence-corrected chi connectivity index (χ0v) is 25.7. The average Bonchev–Trinajstić information content (AvgIpc) is 3.71. The normalized spacial score (nSPS) is 18.0. The minimum absolute atomic E-state index is 0.159. The third-order valence-corrected chi connectivity index (χ3v) is 11.8. The molecule has 0 saturated carbocycles. The standard InChI is InChI=1S/C39H27N3S2/c1-22-18-30-26-13-5-8-16-33(26)43-35(30)21-28(22)36-38(40-37-27-14-6-9-17-34(27)44-39(37)41-36)42-31-15-7-4-12-25(31)29-19-23-10-2-3-11-24(23)20-32(29)42/h2-17,19-22,38,40H,18H2,1H3. The third-order valence-electron chi connectivity index (χ3n) is 9.53. The number of anilines is 1. The van der Waals surface area contributed by atoms with Crippen molar-refractivity contribution in [3.8, 4) is 0 Å². The van der Waals surface area contributed by atoms with Crippen LogP contribution in [0.5, 0.6) is 0 Å². The average molecular weight is 602 g/mol. The van der Waals surface area contributed by atoms with Crippen molar-refractivity contribution in [2.75, 3.05) is 5.32 Å². The molecule has 3 aromatic heterocycles. The van der Waals surface area contributed by atoms with E-state index in [2.05, 4.69) is 132 Å². The van der Waals surface area contributed by atoms with E-state index in [-0.39, 0.29) is 6.17 Å². The van der Waals surface area contributed by atoms with Crippen molar-refractivity contribution >= 4 is 97.9 Å². The summed E-state index contributed by atoms with van der Waals surface area (Å²) >= 11 is 3.69. The Morgan fingerprint density at radius 1 is 0.705 bits per heavy atom. The summed E-state index contributed by atoms with van der Waals surface area (Å²) in [4.78, 5) is 6.96. The lowest BCUT2D eigenvalue weighted by Crippen LogP contribution is -2.32. The van der Waals surface area contributed by atoms with Crippen molar-refractivity contribution in [3.05, 3.63) is 125 Å². The molecule has 0 bridgehead atoms. The summed E-state index contributed by atoms with van der Waals surface area (Å²) in [6, 6.07) is 39.8. The zero-order valence-electron chi connectivity index (χ0n) is 24.0. The first-order valence-electron chi connectivity index (χ1n) is 15.2. The molecule has 0 amide bonds. The SMILES string of the molecule is CC1Cc2c(sc3ccccc23)C=C1C1=Nc2sc3ccccc3c2NC1n1c2ccccc2c2cc3ccccc3cc21. The predicted octanol–water partition coefficient (Wildman–Crippen LogP) is 11.3. The summed E-state index contributed by atoms with van der Waals surface area (Å²) in [5.74, 6) is 0.341. The van der Waals surface area contributed by atoms with E-state index in [1.54, 1.807) is 11.3 Å². The molecule has 10 rings (SSSR count). The van der Waals surface area contributed by atoms with Crippen LogP contribution in [-0.4, -0.2) is 10.3 Å². The fourth-order valence-electron chi connectivity index (χ4n) is 7.47. The minimum Gasteiger partial charge on any atom is -0.357 e. The summed E-state index contributed by atoms with van der Waals surface area (Å²) in [5, 5.41) is 12.8. The maximum atomic E-state index is 5.59. The Labute approximate surface area is 262 Å². The van der Waals surface area contributed by atoms with E-state index in [4.69, 9.17) is 4.99 Å². The Hall–Kier alpha value is -4.71. The van der Waals surface area contributed by atoms with Gasteiger partial charge in [0.1, 0.15) is 11.2 Å². The van der Waals surface area contributed by atoms with Gasteiger partial charge in [-0.2, -0.15) is 0 Å². The van der Waals surface area contributed by atoms with E-state index in [9.17, 15) is 0 Å². The summed E-state index contributed by atoms with van der Waals surface area (Å²) in [6.07, 6.45) is 3.31. The predicted molar refractivity (Wildman–Crippen MR) is 191 cm³/mol. The quantitative estimate of drug-likeness (QED) is 0.210. The van der Waals surface area contributed by atoms with Crippen LogP contribution in [0.15, 0.2) is 120 Å². The molecule has 210 valence electrons. The summed E-state index contributed by atoms with van der Waals surface area (Å²) < 4.78 is 5.14. The van der Waals surface area contributed by atoms with E-state index in [0.29, 0.717) is 5.92 Å². The lowest BCUT2D eigenvalue weighted by atomic mass is 9.83. The minimum atomic E-state index is -0.159. The van der Waals surface area contributed by atoms with Gasteiger partial charge in [0, 0.05) is 30.4 Å². The smallest absolute Gasteiger partial charge is 0.148 e. The van der Waals surface area contributed by atoms with Gasteiger partial charge < -0.3 is 9.88 Å². The second-order valence-electron chi connectivity index (χ2n) is 12.1. The Bertz CT molecular complexity index is 2540. The molecule has 3 nitrogen and oxygen atoms in total. The van der Waals surface area contributed by atoms with Crippen molar-refractivity contribution in [1.82, 2.24) is 4.57 Å². The molecule has 1 N–H and O–H groups in total. The highest BCUT2D eigenvalue weighted by atomic mass is 32.1. The van der Waals surface area contributed by atoms with Gasteiger partial charge in [0.15, 0.2) is 0 Å². The van der Waals surface area contributed by atoms with Crippen LogP contribution >= 0.6 is 22.7 Å².